The SMILES string of the molecule is CC1(C)CC(OC(=O)CCC(=O)OC2CC(C)(C)N(O)C(C)(C)C2)CC(C)(C)N1O.CC1(C)CC(OC(=O)CCCCCCCCC(=O)OC2CC(C)(C)NC(C)(C)C2)CC(C)(C)N1.CCC(CCCCCCCC(=O)OC1CC(C)(C)NC(C)(C)C1)C(=O)OC1CC(C)(C)NC(C)(C)C1.CCCC1CCC(C2CC(C(C)(C)C)C(O)C(C(C)(C)C)C2)CC1.CCCC1COC(C2CC(C(C)(C)C)C(O)C(C(C)(C)C)C2)OC1.O.O.[HH]. The van der Waals surface area contributed by atoms with Gasteiger partial charge in [0.1, 0.15) is 36.6 Å². The Morgan fingerprint density at radius 1 is 0.320 bits per heavy atom. The van der Waals surface area contributed by atoms with Crippen LogP contribution < -0.4 is 21.3 Å². The molecule has 7 heterocycles. The van der Waals surface area contributed by atoms with Crippen molar-refractivity contribution in [2.75, 3.05) is 13.2 Å². The molecule has 10 aliphatic rings. The molecule has 0 bridgehead atoms. The topological polar surface area (TPSA) is 375 Å². The van der Waals surface area contributed by atoms with Crippen LogP contribution in [0.5, 0.6) is 0 Å². The second-order valence-corrected chi connectivity index (χ2v) is 60.6. The third-order valence-electron chi connectivity index (χ3n) is 34.5. The van der Waals surface area contributed by atoms with Crippen molar-refractivity contribution < 1.29 is 99.7 Å². The van der Waals surface area contributed by atoms with Crippen molar-refractivity contribution in [2.24, 2.45) is 80.8 Å². The van der Waals surface area contributed by atoms with Gasteiger partial charge in [0, 0.05) is 176 Å². The highest BCUT2D eigenvalue weighted by Crippen LogP contribution is 2.55. The lowest BCUT2D eigenvalue weighted by atomic mass is 9.55. The fourth-order valence-electron chi connectivity index (χ4n) is 28.8. The lowest BCUT2D eigenvalue weighted by Gasteiger charge is -2.51. The van der Waals surface area contributed by atoms with Gasteiger partial charge in [-0.1, -0.05) is 187 Å². The van der Waals surface area contributed by atoms with Gasteiger partial charge in [-0.2, -0.15) is 10.1 Å². The van der Waals surface area contributed by atoms with Crippen LogP contribution in [0.4, 0.5) is 0 Å². The number of aliphatic hydroxyl groups excluding tert-OH is 2. The highest BCUT2D eigenvalue weighted by molar-refractivity contribution is 5.78. The molecule has 884 valence electrons. The molecule has 26 heteroatoms. The number of nitrogens with zero attached hydrogens (tertiary/aromatic N) is 2. The average molecular weight is 2130 g/mol. The number of carbonyl (C=O) groups is 6. The quantitative estimate of drug-likeness (QED) is 0.0168. The molecule has 7 saturated heterocycles. The largest absolute Gasteiger partial charge is 0.462 e. The molecule has 5 atom stereocenters. The second kappa shape index (κ2) is 57.5. The van der Waals surface area contributed by atoms with E-state index in [-0.39, 0.29) is 176 Å². The fraction of sp³-hybridized carbons (Fsp3) is 0.952. The molecule has 26 nitrogen and oxygen atoms in total. The van der Waals surface area contributed by atoms with E-state index in [9.17, 15) is 49.4 Å². The van der Waals surface area contributed by atoms with Crippen molar-refractivity contribution in [1.82, 2.24) is 31.4 Å². The molecule has 0 amide bonds. The standard InChI is InChI=1S/C30H56N2O4.C28H52N2O4.C23H44O.C22H40N2O6.C21H40O3.2H2O.H2/c1-10-22(26(34)36-24-20-29(6,7)32-30(8,9)21-24)16-14-12-11-13-15-17-25(33)35-23-18-27(2,3)31-28(4,5)19-23;1-25(2)17-21(18-26(3,4)29-25)33-23(31)15-13-11-9-10-12-14-16-24(32)34-22-19-27(5,6)30-28(7,8)20-22;1-8-9-16-10-12-17(13-11-16)18-14-19(22(2,3)4)21(24)20(15-18)23(5,6)7;1-19(2)11-15(12-20(3,4)23(19)27)29-17(25)9-10-18(26)30-16-13-21(5,6)24(28)22(7,8)14-16;1-8-9-14-12-23-19(24-13-14)15-10-16(20(2,3)4)18(22)17(11-15)21(5,6)7;;;/h22-24,31-32H,10-21H2,1-9H3;21-22,29-30H,9-20H2,1-8H3;16-21,24H,8-15H2,1-7H3;15-16,27-28H,9-14H2,1-8H3;14-19,22H,8-13H2,1-7H3;2*1H2;1H. The Labute approximate surface area is 917 Å². The van der Waals surface area contributed by atoms with Crippen LogP contribution in [0.25, 0.3) is 0 Å². The van der Waals surface area contributed by atoms with Crippen molar-refractivity contribution in [3.05, 3.63) is 0 Å². The van der Waals surface area contributed by atoms with E-state index in [1.165, 1.54) is 74.3 Å². The summed E-state index contributed by atoms with van der Waals surface area (Å²) >= 11 is 0. The predicted molar refractivity (Wildman–Crippen MR) is 609 cm³/mol. The van der Waals surface area contributed by atoms with Gasteiger partial charge in [-0.25, -0.2) is 0 Å². The number of ether oxygens (including phenoxy) is 8. The molecule has 10 fully saturated rings. The molecule has 3 saturated carbocycles. The minimum atomic E-state index is -0.507. The van der Waals surface area contributed by atoms with E-state index < -0.39 is 34.1 Å². The zero-order valence-corrected chi connectivity index (χ0v) is 103. The Balaban J connectivity index is 0.000000486. The number of rotatable bonds is 34. The van der Waals surface area contributed by atoms with Crippen LogP contribution in [-0.4, -0.2) is 212 Å². The van der Waals surface area contributed by atoms with E-state index in [1.54, 1.807) is 0 Å². The maximum absolute atomic E-state index is 12.9. The molecule has 0 aromatic heterocycles. The van der Waals surface area contributed by atoms with Crippen LogP contribution >= 0.6 is 0 Å². The highest BCUT2D eigenvalue weighted by atomic mass is 16.7. The number of hydroxylamine groups is 4. The number of aliphatic hydroxyl groups is 2. The van der Waals surface area contributed by atoms with Gasteiger partial charge in [0.15, 0.2) is 6.29 Å². The van der Waals surface area contributed by atoms with E-state index in [0.29, 0.717) is 80.5 Å². The average Bonchev–Trinajstić information content (AvgIpc) is 0.771. The molecular formula is C124H238N6O20. The van der Waals surface area contributed by atoms with Crippen molar-refractivity contribution in [3.8, 4) is 0 Å². The molecule has 12 N–H and O–H groups in total. The van der Waals surface area contributed by atoms with E-state index in [1.807, 2.05) is 55.4 Å². The summed E-state index contributed by atoms with van der Waals surface area (Å²) < 4.78 is 46.9. The van der Waals surface area contributed by atoms with Gasteiger partial charge >= 0.3 is 35.8 Å². The van der Waals surface area contributed by atoms with Crippen LogP contribution in [0.3, 0.4) is 0 Å². The van der Waals surface area contributed by atoms with Crippen molar-refractivity contribution in [2.45, 2.75) is 661 Å². The molecule has 150 heavy (non-hydrogen) atoms. The van der Waals surface area contributed by atoms with E-state index in [0.717, 1.165) is 179 Å². The van der Waals surface area contributed by atoms with Gasteiger partial charge in [0.2, 0.25) is 0 Å². The number of esters is 6. The summed E-state index contributed by atoms with van der Waals surface area (Å²) in [7, 11) is 0. The summed E-state index contributed by atoms with van der Waals surface area (Å²) in [6, 6.07) is 0. The number of piperidine rings is 6. The van der Waals surface area contributed by atoms with Crippen molar-refractivity contribution >= 4 is 35.8 Å². The van der Waals surface area contributed by atoms with Gasteiger partial charge in [-0.15, -0.1) is 0 Å². The Morgan fingerprint density at radius 3 is 0.813 bits per heavy atom. The highest BCUT2D eigenvalue weighted by Gasteiger charge is 2.54. The molecule has 0 radical (unpaired) electrons. The number of nitrogens with one attached hydrogen (secondary N) is 4. The minimum absolute atomic E-state index is 0. The molecule has 10 rings (SSSR count). The summed E-state index contributed by atoms with van der Waals surface area (Å²) in [5.74, 6) is 4.10. The van der Waals surface area contributed by atoms with Crippen molar-refractivity contribution in [3.63, 3.8) is 0 Å². The molecule has 0 aromatic carbocycles. The van der Waals surface area contributed by atoms with E-state index >= 15 is 0 Å². The van der Waals surface area contributed by atoms with Gasteiger partial charge in [-0.3, -0.25) is 28.8 Å². The number of carbonyl (C=O) groups excluding carboxylic acids is 6. The molecule has 5 unspecified atom stereocenters. The maximum atomic E-state index is 12.9. The Morgan fingerprint density at radius 2 is 0.553 bits per heavy atom. The third kappa shape index (κ3) is 47.3. The number of hydrogen-bond donors (Lipinski definition) is 8. The maximum Gasteiger partial charge on any atom is 0.309 e. The van der Waals surface area contributed by atoms with Gasteiger partial charge < -0.3 is 90.7 Å². The smallest absolute Gasteiger partial charge is 0.309 e. The number of unbranched alkanes of at least 4 members (excludes halogenated alkanes) is 9. The van der Waals surface area contributed by atoms with Crippen LogP contribution in [0.1, 0.15) is 541 Å². The van der Waals surface area contributed by atoms with Crippen molar-refractivity contribution in [1.29, 1.82) is 0 Å². The molecule has 3 aliphatic carbocycles. The van der Waals surface area contributed by atoms with Gasteiger partial charge in [-0.05, 0) is 306 Å². The molecule has 7 aliphatic heterocycles. The van der Waals surface area contributed by atoms with Gasteiger partial charge in [0.05, 0.1) is 44.2 Å². The zero-order valence-electron chi connectivity index (χ0n) is 103. The number of hydrogen-bond acceptors (Lipinski definition) is 24. The minimum Gasteiger partial charge on any atom is -0.462 e. The van der Waals surface area contributed by atoms with E-state index in [4.69, 9.17) is 37.9 Å². The van der Waals surface area contributed by atoms with Crippen LogP contribution in [0, 0.1) is 80.8 Å². The normalized spacial score (nSPS) is 29.1. The monoisotopic (exact) mass is 2130 g/mol. The van der Waals surface area contributed by atoms with Gasteiger partial charge in [0.25, 0.3) is 0 Å². The first kappa shape index (κ1) is 139. The fourth-order valence-corrected chi connectivity index (χ4v) is 28.8. The predicted octanol–water partition coefficient (Wildman–Crippen LogP) is 26.1. The summed E-state index contributed by atoms with van der Waals surface area (Å²) in [4.78, 5) is 74.4. The summed E-state index contributed by atoms with van der Waals surface area (Å²) in [6.07, 6.45) is 37.6. The lowest BCUT2D eigenvalue weighted by molar-refractivity contribution is -0.260. The molecule has 0 spiro atoms. The lowest BCUT2D eigenvalue weighted by Crippen LogP contribution is -2.60. The Hall–Kier alpha value is -3.74. The Kier molecular flexibility index (Phi) is 53.1. The third-order valence-corrected chi connectivity index (χ3v) is 34.5. The molecular weight excluding hydrogens is 1890 g/mol. The first-order valence-electron chi connectivity index (χ1n) is 59.5. The van der Waals surface area contributed by atoms with Crippen LogP contribution in [0.2, 0.25) is 0 Å². The second-order valence-electron chi connectivity index (χ2n) is 60.6. The van der Waals surface area contributed by atoms with Crippen LogP contribution in [-0.2, 0) is 66.7 Å². The first-order chi connectivity index (χ1) is 67.6. The zero-order chi connectivity index (χ0) is 112. The summed E-state index contributed by atoms with van der Waals surface area (Å²) in [5.41, 5.74) is -1.56. The van der Waals surface area contributed by atoms with E-state index in [2.05, 4.69) is 236 Å². The summed E-state index contributed by atoms with van der Waals surface area (Å²) in [6.45, 7) is 85.9. The Bertz CT molecular complexity index is 3670. The summed E-state index contributed by atoms with van der Waals surface area (Å²) in [5, 5.41) is 60.1. The van der Waals surface area contributed by atoms with Crippen LogP contribution in [0.15, 0.2) is 0 Å². The first-order valence-corrected chi connectivity index (χ1v) is 59.5. The molecule has 0 aromatic rings.